The van der Waals surface area contributed by atoms with E-state index in [-0.39, 0.29) is 5.78 Å². The lowest BCUT2D eigenvalue weighted by atomic mass is 10.3. The predicted molar refractivity (Wildman–Crippen MR) is 59.8 cm³/mol. The molecule has 5 heteroatoms. The number of aryl methyl sites for hydroxylation is 1. The number of ketones is 1. The molecule has 0 aliphatic rings. The van der Waals surface area contributed by atoms with Crippen molar-refractivity contribution in [1.29, 1.82) is 0 Å². The van der Waals surface area contributed by atoms with Gasteiger partial charge in [-0.1, -0.05) is 11.6 Å². The predicted octanol–water partition coefficient (Wildman–Crippen LogP) is 2.69. The Morgan fingerprint density at radius 3 is 2.81 bits per heavy atom. The van der Waals surface area contributed by atoms with Gasteiger partial charge in [0, 0.05) is 13.1 Å². The number of hydrogen-bond acceptors (Lipinski definition) is 3. The third kappa shape index (κ3) is 2.17. The maximum atomic E-state index is 11.0. The largest absolute Gasteiger partial charge is 0.456 e. The fraction of sp³-hybridized carbons (Fsp3) is 0.273. The molecule has 0 fully saturated rings. The molecule has 0 bridgehead atoms. The van der Waals surface area contributed by atoms with Crippen molar-refractivity contribution < 1.29 is 9.21 Å². The van der Waals surface area contributed by atoms with E-state index < -0.39 is 0 Å². The number of carbonyl (C=O) groups excluding carboxylic acids is 1. The molecule has 2 aromatic heterocycles. The van der Waals surface area contributed by atoms with Crippen LogP contribution in [0.2, 0.25) is 5.02 Å². The Balaban J connectivity index is 2.17. The molecule has 0 aliphatic heterocycles. The van der Waals surface area contributed by atoms with Gasteiger partial charge in [0.05, 0.1) is 17.3 Å². The normalized spacial score (nSPS) is 10.7. The molecular weight excluding hydrogens is 228 g/mol. The van der Waals surface area contributed by atoms with Crippen molar-refractivity contribution in [2.75, 3.05) is 0 Å². The number of halogens is 1. The maximum absolute atomic E-state index is 11.0. The Kier molecular flexibility index (Phi) is 2.83. The van der Waals surface area contributed by atoms with Gasteiger partial charge >= 0.3 is 0 Å². The van der Waals surface area contributed by atoms with E-state index in [1.807, 2.05) is 6.92 Å². The number of carbonyl (C=O) groups is 1. The summed E-state index contributed by atoms with van der Waals surface area (Å²) in [4.78, 5) is 11.0. The molecule has 0 unspecified atom stereocenters. The highest BCUT2D eigenvalue weighted by atomic mass is 35.5. The molecule has 2 heterocycles. The first-order valence-corrected chi connectivity index (χ1v) is 5.23. The van der Waals surface area contributed by atoms with Gasteiger partial charge in [-0.2, -0.15) is 5.10 Å². The Labute approximate surface area is 97.8 Å². The zero-order valence-corrected chi connectivity index (χ0v) is 9.78. The lowest BCUT2D eigenvalue weighted by Gasteiger charge is -1.96. The summed E-state index contributed by atoms with van der Waals surface area (Å²) in [6, 6.07) is 3.43. The van der Waals surface area contributed by atoms with Crippen LogP contribution < -0.4 is 0 Å². The fourth-order valence-corrected chi connectivity index (χ4v) is 1.54. The smallest absolute Gasteiger partial charge is 0.194 e. The molecule has 0 radical (unpaired) electrons. The molecule has 84 valence electrons. The minimum absolute atomic E-state index is 0.0825. The highest BCUT2D eigenvalue weighted by Gasteiger charge is 2.08. The van der Waals surface area contributed by atoms with Crippen LogP contribution in [0.15, 0.2) is 22.7 Å². The van der Waals surface area contributed by atoms with Gasteiger partial charge in [-0.25, -0.2) is 0 Å². The SMILES string of the molecule is CC(=O)c1ccc(Cn2cc(Cl)c(C)n2)o1. The van der Waals surface area contributed by atoms with Crippen molar-refractivity contribution in [3.05, 3.63) is 40.6 Å². The summed E-state index contributed by atoms with van der Waals surface area (Å²) in [6.45, 7) is 3.78. The van der Waals surface area contributed by atoms with Crippen molar-refractivity contribution in [2.45, 2.75) is 20.4 Å². The number of aromatic nitrogens is 2. The lowest BCUT2D eigenvalue weighted by Crippen LogP contribution is -1.99. The summed E-state index contributed by atoms with van der Waals surface area (Å²) in [7, 11) is 0. The summed E-state index contributed by atoms with van der Waals surface area (Å²) >= 11 is 5.88. The van der Waals surface area contributed by atoms with E-state index in [2.05, 4.69) is 5.10 Å². The summed E-state index contributed by atoms with van der Waals surface area (Å²) in [6.07, 6.45) is 1.73. The quantitative estimate of drug-likeness (QED) is 0.773. The average molecular weight is 239 g/mol. The molecule has 2 rings (SSSR count). The van der Waals surface area contributed by atoms with Gasteiger partial charge in [-0.05, 0) is 19.1 Å². The van der Waals surface area contributed by atoms with Crippen LogP contribution in [-0.4, -0.2) is 15.6 Å². The van der Waals surface area contributed by atoms with Gasteiger partial charge in [-0.3, -0.25) is 9.48 Å². The highest BCUT2D eigenvalue weighted by molar-refractivity contribution is 6.31. The van der Waals surface area contributed by atoms with Crippen LogP contribution in [0, 0.1) is 6.92 Å². The van der Waals surface area contributed by atoms with Crippen molar-refractivity contribution in [3.8, 4) is 0 Å². The van der Waals surface area contributed by atoms with Crippen molar-refractivity contribution in [1.82, 2.24) is 9.78 Å². The number of nitrogens with zero attached hydrogens (tertiary/aromatic N) is 2. The molecule has 16 heavy (non-hydrogen) atoms. The summed E-state index contributed by atoms with van der Waals surface area (Å²) in [5, 5.41) is 4.82. The average Bonchev–Trinajstić information content (AvgIpc) is 2.76. The second kappa shape index (κ2) is 4.14. The molecule has 0 aromatic carbocycles. The molecule has 4 nitrogen and oxygen atoms in total. The molecule has 0 spiro atoms. The van der Waals surface area contributed by atoms with E-state index >= 15 is 0 Å². The minimum atomic E-state index is -0.0825. The van der Waals surface area contributed by atoms with Gasteiger partial charge in [0.2, 0.25) is 0 Å². The van der Waals surface area contributed by atoms with E-state index in [9.17, 15) is 4.79 Å². The van der Waals surface area contributed by atoms with Gasteiger partial charge in [-0.15, -0.1) is 0 Å². The molecule has 2 aromatic rings. The zero-order valence-electron chi connectivity index (χ0n) is 9.03. The molecule has 0 amide bonds. The maximum Gasteiger partial charge on any atom is 0.194 e. The molecular formula is C11H11ClN2O2. The molecule has 0 atom stereocenters. The van der Waals surface area contributed by atoms with Crippen molar-refractivity contribution >= 4 is 17.4 Å². The Hall–Kier alpha value is -1.55. The van der Waals surface area contributed by atoms with Crippen LogP contribution in [0.25, 0.3) is 0 Å². The first kappa shape index (κ1) is 11.0. The third-order valence-corrected chi connectivity index (χ3v) is 2.58. The van der Waals surface area contributed by atoms with E-state index in [0.29, 0.717) is 23.1 Å². The van der Waals surface area contributed by atoms with Crippen molar-refractivity contribution in [2.24, 2.45) is 0 Å². The van der Waals surface area contributed by atoms with Crippen LogP contribution in [0.4, 0.5) is 0 Å². The minimum Gasteiger partial charge on any atom is -0.456 e. The van der Waals surface area contributed by atoms with Gasteiger partial charge in [0.25, 0.3) is 0 Å². The van der Waals surface area contributed by atoms with E-state index in [0.717, 1.165) is 5.69 Å². The first-order chi connectivity index (χ1) is 7.56. The van der Waals surface area contributed by atoms with E-state index in [1.54, 1.807) is 23.0 Å². The van der Waals surface area contributed by atoms with Crippen LogP contribution in [0.1, 0.15) is 28.9 Å². The summed E-state index contributed by atoms with van der Waals surface area (Å²) < 4.78 is 7.03. The number of Topliss-reactive ketones (excluding diaryl/α,β-unsaturated/α-hetero) is 1. The fourth-order valence-electron chi connectivity index (χ4n) is 1.39. The molecule has 0 N–H and O–H groups in total. The van der Waals surface area contributed by atoms with Crippen LogP contribution in [-0.2, 0) is 6.54 Å². The second-order valence-corrected chi connectivity index (χ2v) is 3.99. The Morgan fingerprint density at radius 1 is 1.56 bits per heavy atom. The van der Waals surface area contributed by atoms with E-state index in [4.69, 9.17) is 16.0 Å². The standard InChI is InChI=1S/C11H11ClN2O2/c1-7-10(12)6-14(13-7)5-9-3-4-11(16-9)8(2)15/h3-4,6H,5H2,1-2H3. The van der Waals surface area contributed by atoms with Crippen molar-refractivity contribution in [3.63, 3.8) is 0 Å². The number of hydrogen-bond donors (Lipinski definition) is 0. The van der Waals surface area contributed by atoms with Gasteiger partial charge in [0.1, 0.15) is 5.76 Å². The highest BCUT2D eigenvalue weighted by Crippen LogP contribution is 2.15. The topological polar surface area (TPSA) is 48.0 Å². The zero-order chi connectivity index (χ0) is 11.7. The third-order valence-electron chi connectivity index (χ3n) is 2.21. The molecule has 0 saturated carbocycles. The monoisotopic (exact) mass is 238 g/mol. The Bertz CT molecular complexity index is 508. The summed E-state index contributed by atoms with van der Waals surface area (Å²) in [5.41, 5.74) is 0.778. The Morgan fingerprint density at radius 2 is 2.31 bits per heavy atom. The van der Waals surface area contributed by atoms with Crippen LogP contribution in [0.5, 0.6) is 0 Å². The number of furan rings is 1. The molecule has 0 saturated heterocycles. The van der Waals surface area contributed by atoms with E-state index in [1.165, 1.54) is 6.92 Å². The van der Waals surface area contributed by atoms with Gasteiger partial charge < -0.3 is 4.42 Å². The van der Waals surface area contributed by atoms with Gasteiger partial charge in [0.15, 0.2) is 11.5 Å². The first-order valence-electron chi connectivity index (χ1n) is 4.85. The van der Waals surface area contributed by atoms with Crippen LogP contribution >= 0.6 is 11.6 Å². The van der Waals surface area contributed by atoms with Crippen LogP contribution in [0.3, 0.4) is 0 Å². The summed E-state index contributed by atoms with van der Waals surface area (Å²) in [5.74, 6) is 0.968. The number of rotatable bonds is 3. The lowest BCUT2D eigenvalue weighted by molar-refractivity contribution is 0.0985. The molecule has 0 aliphatic carbocycles. The second-order valence-electron chi connectivity index (χ2n) is 3.58.